The lowest BCUT2D eigenvalue weighted by atomic mass is 9.83. The summed E-state index contributed by atoms with van der Waals surface area (Å²) in [5.41, 5.74) is 0. The predicted octanol–water partition coefficient (Wildman–Crippen LogP) is 2.15. The van der Waals surface area contributed by atoms with E-state index in [1.165, 1.54) is 4.90 Å². The van der Waals surface area contributed by atoms with Gasteiger partial charge in [0.05, 0.1) is 6.61 Å². The molecule has 0 aliphatic carbocycles. The largest absolute Gasteiger partial charge is 0.449 e. The smallest absolute Gasteiger partial charge is 0.422 e. The molecule has 2 aliphatic heterocycles. The van der Waals surface area contributed by atoms with E-state index in [2.05, 4.69) is 4.74 Å². The molecule has 0 aromatic rings. The highest BCUT2D eigenvalue weighted by Gasteiger charge is 2.40. The molecule has 2 heterocycles. The summed E-state index contributed by atoms with van der Waals surface area (Å²) in [6.07, 6.45) is -1.21. The molecule has 3 atom stereocenters. The molecule has 8 heteroatoms. The third kappa shape index (κ3) is 5.09. The molecule has 1 unspecified atom stereocenters. The molecule has 132 valence electrons. The molecule has 2 fully saturated rings. The second-order valence-electron chi connectivity index (χ2n) is 6.38. The summed E-state index contributed by atoms with van der Waals surface area (Å²) in [7, 11) is 0. The highest BCUT2D eigenvalue weighted by atomic mass is 19.4. The van der Waals surface area contributed by atoms with Crippen LogP contribution in [0.25, 0.3) is 0 Å². The summed E-state index contributed by atoms with van der Waals surface area (Å²) in [4.78, 5) is 25.3. The van der Waals surface area contributed by atoms with E-state index in [9.17, 15) is 22.8 Å². The monoisotopic (exact) mass is 337 g/mol. The third-order valence-electron chi connectivity index (χ3n) is 4.41. The Balaban J connectivity index is 2.02. The molecule has 0 radical (unpaired) electrons. The molecule has 0 N–H and O–H groups in total. The van der Waals surface area contributed by atoms with Crippen molar-refractivity contribution in [1.29, 1.82) is 0 Å². The predicted molar refractivity (Wildman–Crippen MR) is 74.5 cm³/mol. The van der Waals surface area contributed by atoms with Crippen molar-refractivity contribution in [3.05, 3.63) is 0 Å². The summed E-state index contributed by atoms with van der Waals surface area (Å²) in [6, 6.07) is -0.169. The van der Waals surface area contributed by atoms with Gasteiger partial charge in [0.15, 0.2) is 6.61 Å². The van der Waals surface area contributed by atoms with Crippen molar-refractivity contribution in [3.63, 3.8) is 0 Å². The van der Waals surface area contributed by atoms with Crippen molar-refractivity contribution in [2.24, 2.45) is 11.8 Å². The number of nitrogens with zero attached hydrogens (tertiary/aromatic N) is 1. The third-order valence-corrected chi connectivity index (χ3v) is 4.41. The Kier molecular flexibility index (Phi) is 5.89. The molecule has 2 aliphatic rings. The molecular weight excluding hydrogens is 315 g/mol. The minimum absolute atomic E-state index is 0.121. The highest BCUT2D eigenvalue weighted by Crippen LogP contribution is 2.31. The number of alkyl halides is 3. The van der Waals surface area contributed by atoms with Crippen LogP contribution >= 0.6 is 0 Å². The van der Waals surface area contributed by atoms with Crippen LogP contribution in [0.1, 0.15) is 32.6 Å². The normalized spacial score (nSPS) is 29.2. The standard InChI is InChI=1S/C15H22F3NO4/c1-10-4-5-12(11-3-2-6-22-8-11)19(7-10)13(20)14(21)23-9-15(16,17)18/h10-12H,2-9H2,1H3/t10-,11?,12+/m0/s1. The molecule has 0 saturated carbocycles. The van der Waals surface area contributed by atoms with E-state index in [-0.39, 0.29) is 17.9 Å². The molecule has 5 nitrogen and oxygen atoms in total. The number of piperidine rings is 1. The van der Waals surface area contributed by atoms with Crippen LogP contribution in [0.15, 0.2) is 0 Å². The van der Waals surface area contributed by atoms with E-state index in [0.717, 1.165) is 25.7 Å². The lowest BCUT2D eigenvalue weighted by molar-refractivity contribution is -0.190. The van der Waals surface area contributed by atoms with Gasteiger partial charge in [-0.1, -0.05) is 6.92 Å². The summed E-state index contributed by atoms with van der Waals surface area (Å²) < 4.78 is 45.9. The van der Waals surface area contributed by atoms with Crippen molar-refractivity contribution >= 4 is 11.9 Å². The quantitative estimate of drug-likeness (QED) is 0.572. The lowest BCUT2D eigenvalue weighted by Crippen LogP contribution is -2.53. The molecule has 0 aromatic heterocycles. The highest BCUT2D eigenvalue weighted by molar-refractivity contribution is 6.32. The van der Waals surface area contributed by atoms with Crippen LogP contribution in [0.2, 0.25) is 0 Å². The first-order valence-corrected chi connectivity index (χ1v) is 7.90. The summed E-state index contributed by atoms with van der Waals surface area (Å²) in [5.74, 6) is -2.08. The Labute approximate surface area is 133 Å². The Morgan fingerprint density at radius 3 is 2.61 bits per heavy atom. The van der Waals surface area contributed by atoms with Crippen molar-refractivity contribution < 1.29 is 32.2 Å². The van der Waals surface area contributed by atoms with Crippen molar-refractivity contribution in [2.45, 2.75) is 44.8 Å². The second kappa shape index (κ2) is 7.51. The molecular formula is C15H22F3NO4. The van der Waals surface area contributed by atoms with Gasteiger partial charge in [0.25, 0.3) is 0 Å². The zero-order valence-electron chi connectivity index (χ0n) is 13.1. The number of halogens is 3. The Bertz CT molecular complexity index is 435. The van der Waals surface area contributed by atoms with Crippen LogP contribution in [0.5, 0.6) is 0 Å². The van der Waals surface area contributed by atoms with Gasteiger partial charge >= 0.3 is 18.1 Å². The molecule has 2 rings (SSSR count). The fourth-order valence-electron chi connectivity index (χ4n) is 3.29. The van der Waals surface area contributed by atoms with Crippen LogP contribution < -0.4 is 0 Å². The summed E-state index contributed by atoms with van der Waals surface area (Å²) >= 11 is 0. The van der Waals surface area contributed by atoms with Gasteiger partial charge in [-0.25, -0.2) is 4.79 Å². The first-order valence-electron chi connectivity index (χ1n) is 7.90. The number of ether oxygens (including phenoxy) is 2. The number of rotatable bonds is 2. The average Bonchev–Trinajstić information content (AvgIpc) is 2.52. The van der Waals surface area contributed by atoms with E-state index >= 15 is 0 Å². The number of esters is 1. The summed E-state index contributed by atoms with van der Waals surface area (Å²) in [6.45, 7) is 1.77. The number of carbonyl (C=O) groups is 2. The van der Waals surface area contributed by atoms with Crippen molar-refractivity contribution in [1.82, 2.24) is 4.90 Å². The Morgan fingerprint density at radius 1 is 1.26 bits per heavy atom. The number of hydrogen-bond acceptors (Lipinski definition) is 4. The minimum atomic E-state index is -4.64. The maximum absolute atomic E-state index is 12.3. The Morgan fingerprint density at radius 2 is 2.00 bits per heavy atom. The van der Waals surface area contributed by atoms with Gasteiger partial charge in [0.1, 0.15) is 0 Å². The number of amides is 1. The van der Waals surface area contributed by atoms with Crippen LogP contribution in [0.3, 0.4) is 0 Å². The number of hydrogen-bond donors (Lipinski definition) is 0. The number of likely N-dealkylation sites (tertiary alicyclic amines) is 1. The second-order valence-corrected chi connectivity index (χ2v) is 6.38. The molecule has 0 spiro atoms. The maximum Gasteiger partial charge on any atom is 0.422 e. The van der Waals surface area contributed by atoms with Gasteiger partial charge in [-0.3, -0.25) is 4.79 Å². The van der Waals surface area contributed by atoms with Gasteiger partial charge in [-0.2, -0.15) is 13.2 Å². The van der Waals surface area contributed by atoms with Crippen LogP contribution in [-0.4, -0.2) is 55.4 Å². The first-order chi connectivity index (χ1) is 10.8. The molecule has 23 heavy (non-hydrogen) atoms. The van der Waals surface area contributed by atoms with Crippen LogP contribution in [0.4, 0.5) is 13.2 Å². The van der Waals surface area contributed by atoms with E-state index in [1.54, 1.807) is 0 Å². The van der Waals surface area contributed by atoms with Gasteiger partial charge in [0, 0.05) is 25.1 Å². The average molecular weight is 337 g/mol. The van der Waals surface area contributed by atoms with E-state index in [4.69, 9.17) is 4.74 Å². The fraction of sp³-hybridized carbons (Fsp3) is 0.867. The molecule has 1 amide bonds. The molecule has 0 bridgehead atoms. The van der Waals surface area contributed by atoms with E-state index in [0.29, 0.717) is 19.8 Å². The molecule has 2 saturated heterocycles. The summed E-state index contributed by atoms with van der Waals surface area (Å²) in [5, 5.41) is 0. The van der Waals surface area contributed by atoms with Gasteiger partial charge in [-0.05, 0) is 31.6 Å². The maximum atomic E-state index is 12.3. The first kappa shape index (κ1) is 18.0. The zero-order chi connectivity index (χ0) is 17.0. The Hall–Kier alpha value is -1.31. The van der Waals surface area contributed by atoms with Crippen LogP contribution in [-0.2, 0) is 19.1 Å². The molecule has 0 aromatic carbocycles. The van der Waals surface area contributed by atoms with Crippen LogP contribution in [0, 0.1) is 11.8 Å². The van der Waals surface area contributed by atoms with Crippen molar-refractivity contribution in [2.75, 3.05) is 26.4 Å². The van der Waals surface area contributed by atoms with E-state index < -0.39 is 24.7 Å². The van der Waals surface area contributed by atoms with Gasteiger partial charge in [0.2, 0.25) is 0 Å². The van der Waals surface area contributed by atoms with Gasteiger partial charge in [-0.15, -0.1) is 0 Å². The fourth-order valence-corrected chi connectivity index (χ4v) is 3.29. The topological polar surface area (TPSA) is 55.8 Å². The van der Waals surface area contributed by atoms with Crippen molar-refractivity contribution in [3.8, 4) is 0 Å². The number of carbonyl (C=O) groups excluding carboxylic acids is 2. The van der Waals surface area contributed by atoms with E-state index in [1.807, 2.05) is 6.92 Å². The zero-order valence-corrected chi connectivity index (χ0v) is 13.1. The van der Waals surface area contributed by atoms with Gasteiger partial charge < -0.3 is 14.4 Å². The minimum Gasteiger partial charge on any atom is -0.449 e. The lowest BCUT2D eigenvalue weighted by Gasteiger charge is -2.43. The SMILES string of the molecule is C[C@H]1CC[C@H](C2CCCOC2)N(C(=O)C(=O)OCC(F)(F)F)C1.